The lowest BCUT2D eigenvalue weighted by Gasteiger charge is -1.99. The lowest BCUT2D eigenvalue weighted by atomic mass is 10.2. The van der Waals surface area contributed by atoms with Crippen LogP contribution in [0, 0.1) is 0 Å². The molecule has 0 saturated carbocycles. The minimum absolute atomic E-state index is 0.455. The van der Waals surface area contributed by atoms with Gasteiger partial charge in [-0.1, -0.05) is 12.1 Å². The molecule has 0 unspecified atom stereocenters. The Labute approximate surface area is 65.7 Å². The second kappa shape index (κ2) is 3.95. The van der Waals surface area contributed by atoms with Crippen LogP contribution in [-0.4, -0.2) is 7.11 Å². The molecular weight excluding hydrogens is 142 g/mol. The van der Waals surface area contributed by atoms with Crippen LogP contribution in [0.25, 0.3) is 0 Å². The molecule has 0 heterocycles. The molecule has 0 radical (unpaired) electrons. The van der Waals surface area contributed by atoms with E-state index in [1.165, 1.54) is 7.11 Å². The third-order valence-electron chi connectivity index (χ3n) is 1.32. The highest BCUT2D eigenvalue weighted by Gasteiger charge is 1.91. The van der Waals surface area contributed by atoms with Crippen molar-refractivity contribution in [2.24, 2.45) is 0 Å². The van der Waals surface area contributed by atoms with Crippen LogP contribution in [0.5, 0.6) is 0 Å². The Balaban J connectivity index is 2.52. The average Bonchev–Trinajstić information content (AvgIpc) is 2.04. The van der Waals surface area contributed by atoms with Gasteiger partial charge in [-0.2, -0.15) is 0 Å². The van der Waals surface area contributed by atoms with Crippen LogP contribution in [0.1, 0.15) is 5.56 Å². The number of nitrogens with two attached hydrogens (primary N) is 1. The van der Waals surface area contributed by atoms with Gasteiger partial charge in [-0.3, -0.25) is 0 Å². The first kappa shape index (κ1) is 8.04. The summed E-state index contributed by atoms with van der Waals surface area (Å²) in [4.78, 5) is 9.16. The quantitative estimate of drug-likeness (QED) is 0.405. The summed E-state index contributed by atoms with van der Waals surface area (Å²) in [7, 11) is 1.48. The summed E-state index contributed by atoms with van der Waals surface area (Å²) in [5.74, 6) is 0. The monoisotopic (exact) mass is 153 g/mol. The fourth-order valence-electron chi connectivity index (χ4n) is 0.741. The van der Waals surface area contributed by atoms with Gasteiger partial charge in [-0.25, -0.2) is 9.78 Å². The molecule has 1 aromatic carbocycles. The molecule has 0 aliphatic heterocycles. The molecule has 0 atom stereocenters. The Bertz CT molecular complexity index is 208. The maximum atomic E-state index is 5.48. The number of rotatable bonds is 3. The molecule has 0 spiro atoms. The molecule has 1 rings (SSSR count). The molecule has 0 bridgehead atoms. The molecule has 2 N–H and O–H groups in total. The Kier molecular flexibility index (Phi) is 2.89. The minimum Gasteiger partial charge on any atom is -0.399 e. The molecule has 0 amide bonds. The van der Waals surface area contributed by atoms with E-state index in [2.05, 4.69) is 4.89 Å². The first-order chi connectivity index (χ1) is 5.33. The first-order valence-electron chi connectivity index (χ1n) is 3.33. The Morgan fingerprint density at radius 2 is 1.91 bits per heavy atom. The van der Waals surface area contributed by atoms with Crippen molar-refractivity contribution in [1.82, 2.24) is 0 Å². The summed E-state index contributed by atoms with van der Waals surface area (Å²) in [6.45, 7) is 0.455. The van der Waals surface area contributed by atoms with E-state index in [-0.39, 0.29) is 0 Å². The highest BCUT2D eigenvalue weighted by atomic mass is 17.2. The van der Waals surface area contributed by atoms with E-state index in [0.29, 0.717) is 6.61 Å². The van der Waals surface area contributed by atoms with Gasteiger partial charge in [0.15, 0.2) is 0 Å². The molecule has 0 aliphatic carbocycles. The van der Waals surface area contributed by atoms with E-state index in [0.717, 1.165) is 11.3 Å². The fraction of sp³-hybridized carbons (Fsp3) is 0.250. The topological polar surface area (TPSA) is 44.5 Å². The van der Waals surface area contributed by atoms with Crippen LogP contribution in [0.4, 0.5) is 5.69 Å². The third-order valence-corrected chi connectivity index (χ3v) is 1.32. The van der Waals surface area contributed by atoms with E-state index in [9.17, 15) is 0 Å². The van der Waals surface area contributed by atoms with Gasteiger partial charge in [0.25, 0.3) is 0 Å². The Morgan fingerprint density at radius 1 is 1.27 bits per heavy atom. The van der Waals surface area contributed by atoms with Crippen LogP contribution in [-0.2, 0) is 16.4 Å². The van der Waals surface area contributed by atoms with Gasteiger partial charge in [0.05, 0.1) is 7.11 Å². The van der Waals surface area contributed by atoms with Crippen molar-refractivity contribution >= 4 is 5.69 Å². The SMILES string of the molecule is COOCc1ccc(N)cc1. The van der Waals surface area contributed by atoms with Gasteiger partial charge in [0.1, 0.15) is 6.61 Å². The summed E-state index contributed by atoms with van der Waals surface area (Å²) in [5, 5.41) is 0. The number of nitrogen functional groups attached to an aromatic ring is 1. The van der Waals surface area contributed by atoms with Crippen LogP contribution < -0.4 is 5.73 Å². The van der Waals surface area contributed by atoms with E-state index in [4.69, 9.17) is 10.6 Å². The zero-order chi connectivity index (χ0) is 8.10. The molecule has 3 heteroatoms. The van der Waals surface area contributed by atoms with Crippen molar-refractivity contribution < 1.29 is 9.78 Å². The van der Waals surface area contributed by atoms with Gasteiger partial charge in [-0.15, -0.1) is 0 Å². The van der Waals surface area contributed by atoms with Crippen molar-refractivity contribution in [1.29, 1.82) is 0 Å². The highest BCUT2D eigenvalue weighted by molar-refractivity contribution is 5.38. The maximum absolute atomic E-state index is 5.48. The predicted molar refractivity (Wildman–Crippen MR) is 42.7 cm³/mol. The van der Waals surface area contributed by atoms with Crippen LogP contribution in [0.15, 0.2) is 24.3 Å². The van der Waals surface area contributed by atoms with Gasteiger partial charge in [0.2, 0.25) is 0 Å². The smallest absolute Gasteiger partial charge is 0.107 e. The lowest BCUT2D eigenvalue weighted by molar-refractivity contribution is -0.282. The molecule has 0 aromatic heterocycles. The molecule has 0 saturated heterocycles. The molecular formula is C8H11NO2. The first-order valence-corrected chi connectivity index (χ1v) is 3.33. The van der Waals surface area contributed by atoms with Crippen LogP contribution >= 0.6 is 0 Å². The number of anilines is 1. The van der Waals surface area contributed by atoms with E-state index < -0.39 is 0 Å². The normalized spacial score (nSPS) is 9.91. The van der Waals surface area contributed by atoms with E-state index in [1.54, 1.807) is 0 Å². The molecule has 1 aromatic rings. The van der Waals surface area contributed by atoms with Crippen molar-refractivity contribution in [3.8, 4) is 0 Å². The van der Waals surface area contributed by atoms with Crippen LogP contribution in [0.2, 0.25) is 0 Å². The van der Waals surface area contributed by atoms with Gasteiger partial charge in [-0.05, 0) is 17.7 Å². The predicted octanol–water partition coefficient (Wildman–Crippen LogP) is 1.35. The van der Waals surface area contributed by atoms with E-state index in [1.807, 2.05) is 24.3 Å². The van der Waals surface area contributed by atoms with Gasteiger partial charge >= 0.3 is 0 Å². The number of hydrogen-bond donors (Lipinski definition) is 1. The summed E-state index contributed by atoms with van der Waals surface area (Å²) >= 11 is 0. The van der Waals surface area contributed by atoms with Crippen molar-refractivity contribution in [2.75, 3.05) is 12.8 Å². The van der Waals surface area contributed by atoms with Crippen LogP contribution in [0.3, 0.4) is 0 Å². The third kappa shape index (κ3) is 2.57. The number of benzene rings is 1. The summed E-state index contributed by atoms with van der Waals surface area (Å²) in [5.41, 5.74) is 7.28. The van der Waals surface area contributed by atoms with Crippen molar-refractivity contribution in [2.45, 2.75) is 6.61 Å². The zero-order valence-electron chi connectivity index (χ0n) is 6.41. The Morgan fingerprint density at radius 3 is 2.45 bits per heavy atom. The second-order valence-corrected chi connectivity index (χ2v) is 2.17. The second-order valence-electron chi connectivity index (χ2n) is 2.17. The van der Waals surface area contributed by atoms with Gasteiger partial charge in [0, 0.05) is 5.69 Å². The summed E-state index contributed by atoms with van der Waals surface area (Å²) in [6.07, 6.45) is 0. The maximum Gasteiger partial charge on any atom is 0.107 e. The summed E-state index contributed by atoms with van der Waals surface area (Å²) < 4.78 is 0. The van der Waals surface area contributed by atoms with Crippen molar-refractivity contribution in [3.63, 3.8) is 0 Å². The largest absolute Gasteiger partial charge is 0.399 e. The lowest BCUT2D eigenvalue weighted by Crippen LogP contribution is -1.91. The molecule has 0 aliphatic rings. The standard InChI is InChI=1S/C8H11NO2/c1-10-11-6-7-2-4-8(9)5-3-7/h2-5H,6,9H2,1H3. The minimum atomic E-state index is 0.455. The van der Waals surface area contributed by atoms with Crippen molar-refractivity contribution in [3.05, 3.63) is 29.8 Å². The molecule has 3 nitrogen and oxygen atoms in total. The fourth-order valence-corrected chi connectivity index (χ4v) is 0.741. The van der Waals surface area contributed by atoms with Gasteiger partial charge < -0.3 is 5.73 Å². The average molecular weight is 153 g/mol. The van der Waals surface area contributed by atoms with E-state index >= 15 is 0 Å². The molecule has 60 valence electrons. The molecule has 0 fully saturated rings. The zero-order valence-corrected chi connectivity index (χ0v) is 6.41. The highest BCUT2D eigenvalue weighted by Crippen LogP contribution is 2.06. The summed E-state index contributed by atoms with van der Waals surface area (Å²) in [6, 6.07) is 7.45. The Hall–Kier alpha value is -1.06. The molecule has 11 heavy (non-hydrogen) atoms. The number of hydrogen-bond acceptors (Lipinski definition) is 3.